The molecule has 0 unspecified atom stereocenters. The molecule has 0 fully saturated rings. The van der Waals surface area contributed by atoms with Crippen LogP contribution >= 0.6 is 0 Å². The average molecular weight is 185 g/mol. The van der Waals surface area contributed by atoms with E-state index < -0.39 is 0 Å². The minimum atomic E-state index is 0. The summed E-state index contributed by atoms with van der Waals surface area (Å²) >= 11 is 0. The smallest absolute Gasteiger partial charge is 0.542 e. The molecule has 0 aromatic rings. The number of hydrogen-bond donors (Lipinski definition) is 0. The molecule has 0 aliphatic carbocycles. The van der Waals surface area contributed by atoms with Gasteiger partial charge < -0.3 is 14.4 Å². The van der Waals surface area contributed by atoms with Gasteiger partial charge in [0.1, 0.15) is 0 Å². The summed E-state index contributed by atoms with van der Waals surface area (Å²) in [6, 6.07) is 0. The molecule has 0 aromatic heterocycles. The monoisotopic (exact) mass is 185 g/mol. The third-order valence-electron chi connectivity index (χ3n) is 0. The second-order valence-corrected chi connectivity index (χ2v) is 0.612. The molecule has 0 aliphatic heterocycles. The van der Waals surface area contributed by atoms with Gasteiger partial charge in [-0.3, -0.25) is 18.9 Å². The van der Waals surface area contributed by atoms with Crippen LogP contribution in [0, 0.1) is 0 Å². The fourth-order valence-electron chi connectivity index (χ4n) is 0. The van der Waals surface area contributed by atoms with Crippen molar-refractivity contribution in [3.8, 4) is 0 Å². The van der Waals surface area contributed by atoms with Crippen LogP contribution in [0.1, 0.15) is 20.8 Å². The fraction of sp³-hybridized carbons (Fsp3) is 0.500. The van der Waals surface area contributed by atoms with Gasteiger partial charge in [0, 0.05) is 0 Å². The van der Waals surface area contributed by atoms with Gasteiger partial charge in [0.15, 0.2) is 0 Å². The second kappa shape index (κ2) is 75.6. The molecule has 1 radical (unpaired) electrons. The molecule has 0 N–H and O–H groups in total. The van der Waals surface area contributed by atoms with E-state index in [4.69, 9.17) is 14.4 Å². The Kier molecular flexibility index (Phi) is 171. The predicted octanol–water partition coefficient (Wildman–Crippen LogP) is 0.346. The molecular formula is C6H9FeO3. The minimum Gasteiger partial charge on any atom is -0.542 e. The van der Waals surface area contributed by atoms with Crippen LogP contribution in [0.2, 0.25) is 0 Å². The van der Waals surface area contributed by atoms with E-state index in [1.807, 2.05) is 0 Å². The maximum atomic E-state index is 8.68. The van der Waals surface area contributed by atoms with Crippen LogP contribution in [0.4, 0.5) is 0 Å². The van der Waals surface area contributed by atoms with Gasteiger partial charge in [-0.15, -0.1) is 0 Å². The first kappa shape index (κ1) is 22.7. The van der Waals surface area contributed by atoms with E-state index >= 15 is 0 Å². The van der Waals surface area contributed by atoms with Crippen molar-refractivity contribution >= 4 is 18.9 Å². The maximum Gasteiger partial charge on any atom is 3.00 e. The summed E-state index contributed by atoms with van der Waals surface area (Å²) in [5, 5.41) is 0. The molecule has 0 aliphatic rings. The van der Waals surface area contributed by atoms with Crippen molar-refractivity contribution in [1.29, 1.82) is 0 Å². The van der Waals surface area contributed by atoms with Crippen molar-refractivity contribution in [2.24, 2.45) is 0 Å². The average Bonchev–Trinajstić information content (AvgIpc) is 1.70. The summed E-state index contributed by atoms with van der Waals surface area (Å²) in [7, 11) is 0. The van der Waals surface area contributed by atoms with Gasteiger partial charge in [-0.05, 0) is 0 Å². The van der Waals surface area contributed by atoms with Crippen molar-refractivity contribution in [2.45, 2.75) is 20.8 Å². The summed E-state index contributed by atoms with van der Waals surface area (Å²) in [6.07, 6.45) is 4.50. The molecule has 3 nitrogen and oxygen atoms in total. The number of carbonyl (C=O) groups excluding carboxylic acids is 3. The van der Waals surface area contributed by atoms with Crippen molar-refractivity contribution in [2.75, 3.05) is 0 Å². The first-order valence-corrected chi connectivity index (χ1v) is 2.11. The zero-order valence-electron chi connectivity index (χ0n) is 6.08. The van der Waals surface area contributed by atoms with E-state index in [-0.39, 0.29) is 17.1 Å². The second-order valence-electron chi connectivity index (χ2n) is 0.612. The first-order chi connectivity index (χ1) is 4.24. The molecule has 0 atom stereocenters. The van der Waals surface area contributed by atoms with Crippen LogP contribution in [0.15, 0.2) is 0 Å². The van der Waals surface area contributed by atoms with E-state index in [0.29, 0.717) is 0 Å². The predicted molar refractivity (Wildman–Crippen MR) is 34.1 cm³/mol. The molecule has 59 valence electrons. The zero-order chi connectivity index (χ0) is 8.12. The van der Waals surface area contributed by atoms with Gasteiger partial charge >= 0.3 is 17.1 Å². The van der Waals surface area contributed by atoms with Crippen LogP contribution in [0.25, 0.3) is 0 Å². The van der Waals surface area contributed by atoms with E-state index in [1.165, 1.54) is 39.6 Å². The Bertz CT molecular complexity index is 49.7. The molecule has 0 heterocycles. The van der Waals surface area contributed by atoms with Gasteiger partial charge in [-0.2, -0.15) is 20.8 Å². The summed E-state index contributed by atoms with van der Waals surface area (Å²) in [6.45, 7) is 3.96. The van der Waals surface area contributed by atoms with Crippen molar-refractivity contribution in [1.82, 2.24) is 0 Å². The summed E-state index contributed by atoms with van der Waals surface area (Å²) in [4.78, 5) is 26.0. The van der Waals surface area contributed by atoms with E-state index in [1.54, 1.807) is 0 Å². The van der Waals surface area contributed by atoms with Crippen molar-refractivity contribution in [3.05, 3.63) is 0 Å². The molecule has 0 amide bonds. The summed E-state index contributed by atoms with van der Waals surface area (Å²) in [5.74, 6) is 0. The van der Waals surface area contributed by atoms with Crippen LogP contribution in [-0.2, 0) is 31.5 Å². The Morgan fingerprint density at radius 3 is 0.700 bits per heavy atom. The Morgan fingerprint density at radius 1 is 0.700 bits per heavy atom. The number of hydrogen-bond acceptors (Lipinski definition) is 3. The Labute approximate surface area is 71.7 Å². The summed E-state index contributed by atoms with van der Waals surface area (Å²) in [5.41, 5.74) is 0. The molecule has 0 saturated carbocycles. The Balaban J connectivity index is -0.0000000257. The van der Waals surface area contributed by atoms with Crippen LogP contribution in [0.3, 0.4) is 0 Å². The molecule has 10 heavy (non-hydrogen) atoms. The molecule has 0 rings (SSSR count). The van der Waals surface area contributed by atoms with E-state index in [9.17, 15) is 0 Å². The van der Waals surface area contributed by atoms with Gasteiger partial charge in [0.2, 0.25) is 0 Å². The largest absolute Gasteiger partial charge is 3.00 e. The zero-order valence-corrected chi connectivity index (χ0v) is 7.18. The molecular weight excluding hydrogens is 176 g/mol. The SMILES string of the molecule is C[C-]=O.C[C-]=O.C[C-]=O.[Fe+3]. The Morgan fingerprint density at radius 2 is 0.700 bits per heavy atom. The van der Waals surface area contributed by atoms with Gasteiger partial charge in [0.05, 0.1) is 0 Å². The molecule has 0 saturated heterocycles. The topological polar surface area (TPSA) is 51.2 Å². The third-order valence-corrected chi connectivity index (χ3v) is 0. The normalized spacial score (nSPS) is 3.90. The van der Waals surface area contributed by atoms with Gasteiger partial charge in [0.25, 0.3) is 0 Å². The summed E-state index contributed by atoms with van der Waals surface area (Å²) < 4.78 is 0. The van der Waals surface area contributed by atoms with E-state index in [0.717, 1.165) is 0 Å². The van der Waals surface area contributed by atoms with Crippen molar-refractivity contribution < 1.29 is 31.5 Å². The van der Waals surface area contributed by atoms with Crippen LogP contribution in [0.5, 0.6) is 0 Å². The molecule has 4 heteroatoms. The maximum absolute atomic E-state index is 8.68. The van der Waals surface area contributed by atoms with Crippen molar-refractivity contribution in [3.63, 3.8) is 0 Å². The number of rotatable bonds is 0. The quantitative estimate of drug-likeness (QED) is 0.404. The molecule has 0 spiro atoms. The Hall–Kier alpha value is -0.471. The van der Waals surface area contributed by atoms with Crippen LogP contribution < -0.4 is 0 Å². The first-order valence-electron chi connectivity index (χ1n) is 2.11. The third kappa shape index (κ3) is 1450. The minimum absolute atomic E-state index is 0. The molecule has 0 bridgehead atoms. The molecule has 0 aromatic carbocycles. The van der Waals surface area contributed by atoms with Crippen LogP contribution in [-0.4, -0.2) is 18.9 Å². The standard InChI is InChI=1S/3C2H3O.Fe/c3*1-2-3;/h3*1H3;/q3*-1;+3. The fourth-order valence-corrected chi connectivity index (χ4v) is 0. The van der Waals surface area contributed by atoms with Gasteiger partial charge in [-0.1, -0.05) is 0 Å². The van der Waals surface area contributed by atoms with E-state index in [2.05, 4.69) is 0 Å². The van der Waals surface area contributed by atoms with Gasteiger partial charge in [-0.25, -0.2) is 0 Å².